The van der Waals surface area contributed by atoms with E-state index < -0.39 is 5.97 Å². The average molecular weight is 198 g/mol. The largest absolute Gasteiger partial charge is 0.478 e. The van der Waals surface area contributed by atoms with Crippen LogP contribution in [0.15, 0.2) is 23.3 Å². The Hall–Kier alpha value is -1.13. The summed E-state index contributed by atoms with van der Waals surface area (Å²) in [6, 6.07) is 0. The maximum atomic E-state index is 10.7. The summed E-state index contributed by atoms with van der Waals surface area (Å²) < 4.78 is 10.3. The highest BCUT2D eigenvalue weighted by Gasteiger charge is 2.26. The molecule has 1 aliphatic carbocycles. The molecule has 0 saturated carbocycles. The van der Waals surface area contributed by atoms with Gasteiger partial charge >= 0.3 is 5.97 Å². The Bertz CT molecular complexity index is 290. The lowest BCUT2D eigenvalue weighted by molar-refractivity contribution is -0.132. The van der Waals surface area contributed by atoms with Crippen LogP contribution in [0.4, 0.5) is 0 Å². The van der Waals surface area contributed by atoms with Gasteiger partial charge in [-0.3, -0.25) is 0 Å². The van der Waals surface area contributed by atoms with Crippen LogP contribution < -0.4 is 0 Å². The van der Waals surface area contributed by atoms with Crippen LogP contribution in [0.2, 0.25) is 0 Å². The first-order valence-corrected chi connectivity index (χ1v) is 4.29. The van der Waals surface area contributed by atoms with Gasteiger partial charge in [-0.2, -0.15) is 0 Å². The maximum absolute atomic E-state index is 10.7. The van der Waals surface area contributed by atoms with Gasteiger partial charge in [0.05, 0.1) is 5.57 Å². The normalized spacial score (nSPS) is 26.8. The third kappa shape index (κ3) is 2.02. The van der Waals surface area contributed by atoms with E-state index in [1.807, 2.05) is 6.92 Å². The smallest absolute Gasteiger partial charge is 0.335 e. The highest BCUT2D eigenvalue weighted by molar-refractivity contribution is 5.90. The molecule has 0 aromatic heterocycles. The van der Waals surface area contributed by atoms with Gasteiger partial charge in [-0.05, 0) is 24.6 Å². The van der Waals surface area contributed by atoms with Crippen molar-refractivity contribution in [3.63, 3.8) is 0 Å². The molecule has 0 bridgehead atoms. The lowest BCUT2D eigenvalue weighted by atomic mass is 9.95. The minimum atomic E-state index is -0.944. The predicted molar refractivity (Wildman–Crippen MR) is 51.1 cm³/mol. The van der Waals surface area contributed by atoms with Crippen molar-refractivity contribution in [3.8, 4) is 0 Å². The van der Waals surface area contributed by atoms with E-state index in [1.54, 1.807) is 19.3 Å². The highest BCUT2D eigenvalue weighted by Crippen LogP contribution is 2.22. The lowest BCUT2D eigenvalue weighted by Crippen LogP contribution is -2.32. The molecule has 0 amide bonds. The standard InChI is InChI=1S/C10H14O4/c1-6-4-7(10(11)12)5-8(13-2)9(6)14-3/h4-5,8-9H,1-3H3,(H,11,12). The Kier molecular flexibility index (Phi) is 3.43. The van der Waals surface area contributed by atoms with Crippen LogP contribution in [0.25, 0.3) is 0 Å². The summed E-state index contributed by atoms with van der Waals surface area (Å²) in [5, 5.41) is 8.82. The molecule has 78 valence electrons. The Balaban J connectivity index is 2.96. The van der Waals surface area contributed by atoms with Crippen molar-refractivity contribution in [1.82, 2.24) is 0 Å². The first-order valence-electron chi connectivity index (χ1n) is 4.29. The van der Waals surface area contributed by atoms with E-state index in [-0.39, 0.29) is 17.8 Å². The third-order valence-corrected chi connectivity index (χ3v) is 2.25. The number of hydrogen-bond donors (Lipinski definition) is 1. The zero-order chi connectivity index (χ0) is 10.7. The van der Waals surface area contributed by atoms with Crippen molar-refractivity contribution in [2.24, 2.45) is 0 Å². The molecule has 14 heavy (non-hydrogen) atoms. The molecule has 0 heterocycles. The van der Waals surface area contributed by atoms with Crippen molar-refractivity contribution >= 4 is 5.97 Å². The Labute approximate surface area is 82.8 Å². The summed E-state index contributed by atoms with van der Waals surface area (Å²) in [7, 11) is 3.11. The second-order valence-corrected chi connectivity index (χ2v) is 3.17. The second-order valence-electron chi connectivity index (χ2n) is 3.17. The van der Waals surface area contributed by atoms with Gasteiger partial charge in [-0.25, -0.2) is 4.79 Å². The fourth-order valence-electron chi connectivity index (χ4n) is 1.54. The summed E-state index contributed by atoms with van der Waals surface area (Å²) in [4.78, 5) is 10.7. The van der Waals surface area contributed by atoms with Gasteiger partial charge in [0.25, 0.3) is 0 Å². The average Bonchev–Trinajstić information content (AvgIpc) is 2.16. The van der Waals surface area contributed by atoms with Crippen LogP contribution >= 0.6 is 0 Å². The molecular weight excluding hydrogens is 184 g/mol. The molecule has 2 atom stereocenters. The summed E-state index contributed by atoms with van der Waals surface area (Å²) in [6.45, 7) is 1.83. The Morgan fingerprint density at radius 2 is 2.07 bits per heavy atom. The van der Waals surface area contributed by atoms with Crippen LogP contribution in [0, 0.1) is 0 Å². The van der Waals surface area contributed by atoms with Gasteiger partial charge < -0.3 is 14.6 Å². The minimum absolute atomic E-state index is 0.192. The van der Waals surface area contributed by atoms with E-state index in [1.165, 1.54) is 7.11 Å². The number of carboxylic acids is 1. The van der Waals surface area contributed by atoms with E-state index in [0.29, 0.717) is 0 Å². The van der Waals surface area contributed by atoms with Gasteiger partial charge in [0.2, 0.25) is 0 Å². The van der Waals surface area contributed by atoms with Gasteiger partial charge in [-0.1, -0.05) is 0 Å². The number of carboxylic acid groups (broad SMARTS) is 1. The maximum Gasteiger partial charge on any atom is 0.335 e. The van der Waals surface area contributed by atoms with Crippen molar-refractivity contribution in [2.75, 3.05) is 14.2 Å². The fourth-order valence-corrected chi connectivity index (χ4v) is 1.54. The van der Waals surface area contributed by atoms with Crippen LogP contribution in [0.3, 0.4) is 0 Å². The van der Waals surface area contributed by atoms with Crippen molar-refractivity contribution in [1.29, 1.82) is 0 Å². The molecule has 1 N–H and O–H groups in total. The SMILES string of the molecule is COC1C=C(C(=O)O)C=C(C)C1OC. The minimum Gasteiger partial charge on any atom is -0.478 e. The highest BCUT2D eigenvalue weighted by atomic mass is 16.5. The second kappa shape index (κ2) is 4.39. The Morgan fingerprint density at radius 3 is 2.50 bits per heavy atom. The number of hydrogen-bond acceptors (Lipinski definition) is 3. The molecule has 1 rings (SSSR count). The first-order chi connectivity index (χ1) is 6.60. The van der Waals surface area contributed by atoms with E-state index >= 15 is 0 Å². The quantitative estimate of drug-likeness (QED) is 0.734. The number of carbonyl (C=O) groups is 1. The van der Waals surface area contributed by atoms with Crippen molar-refractivity contribution < 1.29 is 19.4 Å². The van der Waals surface area contributed by atoms with E-state index in [2.05, 4.69) is 0 Å². The van der Waals surface area contributed by atoms with Gasteiger partial charge in [-0.15, -0.1) is 0 Å². The van der Waals surface area contributed by atoms with Gasteiger partial charge in [0.15, 0.2) is 0 Å². The molecule has 4 nitrogen and oxygen atoms in total. The zero-order valence-corrected chi connectivity index (χ0v) is 8.48. The number of aliphatic carboxylic acids is 1. The molecule has 1 aliphatic rings. The molecule has 0 aromatic carbocycles. The molecule has 2 unspecified atom stereocenters. The van der Waals surface area contributed by atoms with E-state index in [4.69, 9.17) is 14.6 Å². The zero-order valence-electron chi connectivity index (χ0n) is 8.48. The fraction of sp³-hybridized carbons (Fsp3) is 0.500. The molecule has 0 fully saturated rings. The van der Waals surface area contributed by atoms with Crippen LogP contribution in [-0.4, -0.2) is 37.5 Å². The molecular formula is C10H14O4. The lowest BCUT2D eigenvalue weighted by Gasteiger charge is -2.26. The topological polar surface area (TPSA) is 55.8 Å². The van der Waals surface area contributed by atoms with Crippen LogP contribution in [-0.2, 0) is 14.3 Å². The number of ether oxygens (including phenoxy) is 2. The molecule has 0 spiro atoms. The van der Waals surface area contributed by atoms with Crippen LogP contribution in [0.1, 0.15) is 6.92 Å². The predicted octanol–water partition coefficient (Wildman–Crippen LogP) is 0.987. The third-order valence-electron chi connectivity index (χ3n) is 2.25. The molecule has 0 aromatic rings. The first kappa shape index (κ1) is 10.9. The van der Waals surface area contributed by atoms with Crippen molar-refractivity contribution in [2.45, 2.75) is 19.1 Å². The summed E-state index contributed by atoms with van der Waals surface area (Å²) in [6.07, 6.45) is 2.65. The number of rotatable bonds is 3. The molecule has 0 radical (unpaired) electrons. The van der Waals surface area contributed by atoms with Crippen LogP contribution in [0.5, 0.6) is 0 Å². The van der Waals surface area contributed by atoms with E-state index in [9.17, 15) is 4.79 Å². The molecule has 0 saturated heterocycles. The summed E-state index contributed by atoms with van der Waals surface area (Å²) in [5.41, 5.74) is 1.11. The summed E-state index contributed by atoms with van der Waals surface area (Å²) in [5.74, 6) is -0.944. The van der Waals surface area contributed by atoms with Crippen molar-refractivity contribution in [3.05, 3.63) is 23.3 Å². The molecule has 0 aliphatic heterocycles. The van der Waals surface area contributed by atoms with E-state index in [0.717, 1.165) is 5.57 Å². The monoisotopic (exact) mass is 198 g/mol. The van der Waals surface area contributed by atoms with Gasteiger partial charge in [0.1, 0.15) is 12.2 Å². The number of methoxy groups -OCH3 is 2. The van der Waals surface area contributed by atoms with Gasteiger partial charge in [0, 0.05) is 14.2 Å². The molecule has 4 heteroatoms. The Morgan fingerprint density at radius 1 is 1.43 bits per heavy atom. The summed E-state index contributed by atoms with van der Waals surface area (Å²) >= 11 is 0.